The molecule has 0 atom stereocenters. The van der Waals surface area contributed by atoms with Crippen molar-refractivity contribution in [1.29, 1.82) is 0 Å². The number of hydrogen-bond donors (Lipinski definition) is 0. The Labute approximate surface area is 56.2 Å². The molecule has 0 rings (SSSR count). The van der Waals surface area contributed by atoms with E-state index in [1.807, 2.05) is 0 Å². The van der Waals surface area contributed by atoms with Gasteiger partial charge < -0.3 is 4.74 Å². The van der Waals surface area contributed by atoms with Crippen LogP contribution in [0.2, 0.25) is 0 Å². The Morgan fingerprint density at radius 1 is 1.67 bits per heavy atom. The van der Waals surface area contributed by atoms with Crippen LogP contribution in [0.15, 0.2) is 0 Å². The molecule has 0 aromatic carbocycles. The molecule has 2 heteroatoms. The van der Waals surface area contributed by atoms with Gasteiger partial charge in [0.05, 0.1) is 12.5 Å². The van der Waals surface area contributed by atoms with Crippen LogP contribution >= 0.6 is 0 Å². The van der Waals surface area contributed by atoms with Crippen LogP contribution in [0.3, 0.4) is 0 Å². The first-order chi connectivity index (χ1) is 4.18. The van der Waals surface area contributed by atoms with E-state index in [4.69, 9.17) is 6.92 Å². The summed E-state index contributed by atoms with van der Waals surface area (Å²) in [5.74, 6) is -0.225. The van der Waals surface area contributed by atoms with Crippen molar-refractivity contribution >= 4 is 5.97 Å². The molecule has 0 spiro atoms. The first kappa shape index (κ1) is 8.47. The van der Waals surface area contributed by atoms with Crippen LogP contribution < -0.4 is 0 Å². The molecule has 0 bridgehead atoms. The fraction of sp³-hybridized carbons (Fsp3) is 0.714. The molecule has 52 valence electrons. The number of esters is 1. The summed E-state index contributed by atoms with van der Waals surface area (Å²) in [6, 6.07) is 0. The zero-order chi connectivity index (χ0) is 7.28. The number of carbonyl (C=O) groups is 1. The van der Waals surface area contributed by atoms with Gasteiger partial charge in [0.2, 0.25) is 0 Å². The zero-order valence-electron chi connectivity index (χ0n) is 5.89. The molecule has 0 aliphatic rings. The minimum Gasteiger partial charge on any atom is -0.465 e. The van der Waals surface area contributed by atoms with Crippen LogP contribution in [0.25, 0.3) is 0 Å². The van der Waals surface area contributed by atoms with Crippen molar-refractivity contribution < 1.29 is 9.53 Å². The Morgan fingerprint density at radius 3 is 2.56 bits per heavy atom. The van der Waals surface area contributed by atoms with Gasteiger partial charge in [-0.1, -0.05) is 13.8 Å². The van der Waals surface area contributed by atoms with Gasteiger partial charge in [-0.05, 0) is 13.3 Å². The Kier molecular flexibility index (Phi) is 4.10. The summed E-state index contributed by atoms with van der Waals surface area (Å²) < 4.78 is 4.69. The van der Waals surface area contributed by atoms with E-state index in [2.05, 4.69) is 4.74 Å². The highest BCUT2D eigenvalue weighted by molar-refractivity contribution is 5.71. The van der Waals surface area contributed by atoms with Crippen molar-refractivity contribution in [2.75, 3.05) is 6.61 Å². The molecule has 0 aromatic rings. The predicted octanol–water partition coefficient (Wildman–Crippen LogP) is 1.29. The largest absolute Gasteiger partial charge is 0.465 e. The molecule has 0 amide bonds. The van der Waals surface area contributed by atoms with E-state index >= 15 is 0 Å². The fourth-order valence-electron chi connectivity index (χ4n) is 0.326. The third kappa shape index (κ3) is 4.01. The van der Waals surface area contributed by atoms with E-state index in [1.54, 1.807) is 13.8 Å². The van der Waals surface area contributed by atoms with E-state index in [0.717, 1.165) is 0 Å². The summed E-state index contributed by atoms with van der Waals surface area (Å²) in [4.78, 5) is 10.6. The average molecular weight is 128 g/mol. The first-order valence-corrected chi connectivity index (χ1v) is 3.05. The van der Waals surface area contributed by atoms with Crippen LogP contribution in [0.1, 0.15) is 20.3 Å². The van der Waals surface area contributed by atoms with Gasteiger partial charge in [0, 0.05) is 0 Å². The van der Waals surface area contributed by atoms with Gasteiger partial charge in [0.25, 0.3) is 0 Å². The van der Waals surface area contributed by atoms with Crippen LogP contribution in [-0.2, 0) is 9.53 Å². The van der Waals surface area contributed by atoms with Crippen molar-refractivity contribution in [3.8, 4) is 0 Å². The molecule has 9 heavy (non-hydrogen) atoms. The summed E-state index contributed by atoms with van der Waals surface area (Å²) in [6.45, 7) is 9.01. The summed E-state index contributed by atoms with van der Waals surface area (Å²) >= 11 is 0. The Hall–Kier alpha value is -0.530. The average Bonchev–Trinajstić information content (AvgIpc) is 1.82. The quantitative estimate of drug-likeness (QED) is 0.535. The number of hydrogen-bond acceptors (Lipinski definition) is 2. The number of ether oxygens (including phenoxy) is 1. The van der Waals surface area contributed by atoms with E-state index in [1.165, 1.54) is 0 Å². The predicted molar refractivity (Wildman–Crippen MR) is 34.7 cm³/mol. The summed E-state index contributed by atoms with van der Waals surface area (Å²) in [5, 5.41) is 0. The molecule has 0 heterocycles. The second-order valence-electron chi connectivity index (χ2n) is 2.11. The van der Waals surface area contributed by atoms with Crippen LogP contribution in [0.4, 0.5) is 0 Å². The molecule has 2 radical (unpaired) electrons. The first-order valence-electron chi connectivity index (χ1n) is 3.05. The fourth-order valence-corrected chi connectivity index (χ4v) is 0.326. The summed E-state index contributed by atoms with van der Waals surface area (Å²) in [5.41, 5.74) is 0. The van der Waals surface area contributed by atoms with Crippen LogP contribution in [0, 0.1) is 12.8 Å². The van der Waals surface area contributed by atoms with Crippen molar-refractivity contribution in [1.82, 2.24) is 0 Å². The van der Waals surface area contributed by atoms with E-state index in [0.29, 0.717) is 13.0 Å². The van der Waals surface area contributed by atoms with Crippen molar-refractivity contribution in [3.05, 3.63) is 6.92 Å². The smallest absolute Gasteiger partial charge is 0.308 e. The molecular weight excluding hydrogens is 116 g/mol. The summed E-state index contributed by atoms with van der Waals surface area (Å²) in [7, 11) is 0. The van der Waals surface area contributed by atoms with Gasteiger partial charge in [-0.15, -0.1) is 0 Å². The maximum atomic E-state index is 10.6. The van der Waals surface area contributed by atoms with Crippen LogP contribution in [-0.4, -0.2) is 12.6 Å². The molecule has 0 aromatic heterocycles. The highest BCUT2D eigenvalue weighted by Gasteiger charge is 2.05. The highest BCUT2D eigenvalue weighted by Crippen LogP contribution is 1.95. The minimum atomic E-state index is -0.180. The van der Waals surface area contributed by atoms with Gasteiger partial charge in [-0.25, -0.2) is 0 Å². The van der Waals surface area contributed by atoms with Crippen molar-refractivity contribution in [2.45, 2.75) is 20.3 Å². The second kappa shape index (κ2) is 4.36. The minimum absolute atomic E-state index is 0.0449. The lowest BCUT2D eigenvalue weighted by Crippen LogP contribution is -2.11. The van der Waals surface area contributed by atoms with E-state index in [-0.39, 0.29) is 11.9 Å². The maximum Gasteiger partial charge on any atom is 0.308 e. The third-order valence-corrected chi connectivity index (χ3v) is 0.834. The molecule has 0 aliphatic heterocycles. The molecule has 0 N–H and O–H groups in total. The van der Waals surface area contributed by atoms with Gasteiger partial charge in [-0.3, -0.25) is 4.79 Å². The number of rotatable bonds is 3. The maximum absolute atomic E-state index is 10.6. The van der Waals surface area contributed by atoms with E-state index < -0.39 is 0 Å². The van der Waals surface area contributed by atoms with Crippen molar-refractivity contribution in [3.63, 3.8) is 0 Å². The molecular formula is C7H12O2. The Morgan fingerprint density at radius 2 is 2.22 bits per heavy atom. The number of carbonyl (C=O) groups excluding carboxylic acids is 1. The van der Waals surface area contributed by atoms with Gasteiger partial charge in [0.1, 0.15) is 0 Å². The highest BCUT2D eigenvalue weighted by atomic mass is 16.5. The SMILES string of the molecule is [CH]CCOC(=O)C(C)C. The van der Waals surface area contributed by atoms with Gasteiger partial charge in [0.15, 0.2) is 0 Å². The lowest BCUT2D eigenvalue weighted by Gasteiger charge is -2.03. The van der Waals surface area contributed by atoms with Gasteiger partial charge >= 0.3 is 5.97 Å². The van der Waals surface area contributed by atoms with Crippen molar-refractivity contribution in [2.24, 2.45) is 5.92 Å². The monoisotopic (exact) mass is 128 g/mol. The molecule has 0 unspecified atom stereocenters. The molecule has 0 aliphatic carbocycles. The lowest BCUT2D eigenvalue weighted by atomic mass is 10.2. The van der Waals surface area contributed by atoms with E-state index in [9.17, 15) is 4.79 Å². The second-order valence-corrected chi connectivity index (χ2v) is 2.11. The van der Waals surface area contributed by atoms with Crippen LogP contribution in [0.5, 0.6) is 0 Å². The topological polar surface area (TPSA) is 26.3 Å². The van der Waals surface area contributed by atoms with Gasteiger partial charge in [-0.2, -0.15) is 0 Å². The molecule has 0 saturated heterocycles. The summed E-state index contributed by atoms with van der Waals surface area (Å²) in [6.07, 6.45) is 0.401. The zero-order valence-corrected chi connectivity index (χ0v) is 5.89. The molecule has 0 saturated carbocycles. The molecule has 2 nitrogen and oxygen atoms in total. The molecule has 0 fully saturated rings. The Balaban J connectivity index is 3.28. The standard InChI is InChI=1S/C7H12O2/c1-4-5-9-7(8)6(2)3/h1,6H,4-5H2,2-3H3. The normalized spacial score (nSPS) is 9.78. The Bertz CT molecular complexity index is 86.9. The lowest BCUT2D eigenvalue weighted by molar-refractivity contribution is -0.147. The third-order valence-electron chi connectivity index (χ3n) is 0.834.